The lowest BCUT2D eigenvalue weighted by molar-refractivity contribution is -0.123. The molecule has 0 amide bonds. The molecule has 2 atom stereocenters. The maximum atomic E-state index is 13.2. The zero-order chi connectivity index (χ0) is 25.3. The number of rotatable bonds is 5. The molecule has 0 saturated heterocycles. The number of fused-ring (bicyclic) bond motifs is 1. The van der Waals surface area contributed by atoms with Gasteiger partial charge in [0.05, 0.1) is 23.8 Å². The molecule has 0 radical (unpaired) electrons. The number of Topliss-reactive ketones (excluding diaryl/α,β-unsaturated/α-hetero) is 2. The van der Waals surface area contributed by atoms with Crippen LogP contribution in [0.2, 0.25) is 0 Å². The van der Waals surface area contributed by atoms with Gasteiger partial charge in [0.15, 0.2) is 0 Å². The van der Waals surface area contributed by atoms with Gasteiger partial charge >= 0.3 is 6.18 Å². The molecular weight excluding hydrogens is 431 g/mol. The maximum Gasteiger partial charge on any atom is 0.418 e. The predicted molar refractivity (Wildman–Crippen MR) is 128 cm³/mol. The summed E-state index contributed by atoms with van der Waals surface area (Å²) in [6, 6.07) is 1.65. The van der Waals surface area contributed by atoms with E-state index in [0.717, 1.165) is 6.08 Å². The summed E-state index contributed by atoms with van der Waals surface area (Å²) in [6.45, 7) is 13.0. The van der Waals surface area contributed by atoms with Gasteiger partial charge in [-0.25, -0.2) is 0 Å². The van der Waals surface area contributed by atoms with E-state index < -0.39 is 17.7 Å². The van der Waals surface area contributed by atoms with E-state index >= 15 is 0 Å². The van der Waals surface area contributed by atoms with Gasteiger partial charge in [-0.2, -0.15) is 13.2 Å². The smallest absolute Gasteiger partial charge is 0.418 e. The molecule has 0 N–H and O–H groups in total. The second-order valence-electron chi connectivity index (χ2n) is 8.48. The molecule has 1 aliphatic heterocycles. The first kappa shape index (κ1) is 28.3. The third-order valence-corrected chi connectivity index (χ3v) is 5.27. The van der Waals surface area contributed by atoms with Gasteiger partial charge in [-0.1, -0.05) is 46.8 Å². The number of alkyl halides is 3. The third-order valence-electron chi connectivity index (χ3n) is 5.27. The Hall–Kier alpha value is -2.70. The van der Waals surface area contributed by atoms with Crippen molar-refractivity contribution in [2.24, 2.45) is 22.7 Å². The van der Waals surface area contributed by atoms with Gasteiger partial charge in [-0.05, 0) is 43.9 Å². The summed E-state index contributed by atoms with van der Waals surface area (Å²) in [5.74, 6) is 0.883. The summed E-state index contributed by atoms with van der Waals surface area (Å²) in [5, 5.41) is 0. The Morgan fingerprint density at radius 2 is 1.76 bits per heavy atom. The monoisotopic (exact) mass is 467 g/mol. The number of aliphatic imine (C=N–C) groups is 1. The Bertz CT molecular complexity index is 935. The van der Waals surface area contributed by atoms with Gasteiger partial charge in [-0.3, -0.25) is 9.79 Å². The van der Waals surface area contributed by atoms with Crippen molar-refractivity contribution in [1.29, 1.82) is 0 Å². The molecule has 4 nitrogen and oxygen atoms in total. The second kappa shape index (κ2) is 12.5. The number of ketones is 2. The van der Waals surface area contributed by atoms with Crippen molar-refractivity contribution in [3.05, 3.63) is 53.7 Å². The number of hydrogen-bond acceptors (Lipinski definition) is 4. The standard InChI is InChI=1S/C15H12F3NO.C8H16O.C3H6O.H2/c1-2-12-6-11-5-10(9-3-4-20-8-9)7-13(14(11)19-12)15(16,17)18;1-5-8(9)7(4)6(2)3;1-3(2)4;/h3-8,11H,2H2,1H3;6-7H,5H2,1-4H3;1-2H3;1H/t;7-;;/m.0../s1. The van der Waals surface area contributed by atoms with Crippen molar-refractivity contribution in [2.75, 3.05) is 0 Å². The van der Waals surface area contributed by atoms with E-state index in [4.69, 9.17) is 4.42 Å². The highest BCUT2D eigenvalue weighted by molar-refractivity contribution is 6.11. The summed E-state index contributed by atoms with van der Waals surface area (Å²) in [4.78, 5) is 24.5. The van der Waals surface area contributed by atoms with Crippen LogP contribution >= 0.6 is 0 Å². The predicted octanol–water partition coefficient (Wildman–Crippen LogP) is 7.63. The Kier molecular flexibility index (Phi) is 10.7. The molecule has 3 rings (SSSR count). The first-order chi connectivity index (χ1) is 15.3. The molecule has 1 unspecified atom stereocenters. The van der Waals surface area contributed by atoms with Crippen LogP contribution in [0.5, 0.6) is 0 Å². The minimum atomic E-state index is -4.41. The third kappa shape index (κ3) is 8.63. The second-order valence-corrected chi connectivity index (χ2v) is 8.48. The zero-order valence-corrected chi connectivity index (χ0v) is 20.4. The summed E-state index contributed by atoms with van der Waals surface area (Å²) >= 11 is 0. The molecule has 2 heterocycles. The van der Waals surface area contributed by atoms with Gasteiger partial charge in [0.25, 0.3) is 0 Å². The Balaban J connectivity index is 0.000000657. The fourth-order valence-corrected chi connectivity index (χ4v) is 3.12. The minimum Gasteiger partial charge on any atom is -0.472 e. The van der Waals surface area contributed by atoms with Crippen molar-refractivity contribution in [3.8, 4) is 0 Å². The van der Waals surface area contributed by atoms with Gasteiger partial charge in [-0.15, -0.1) is 0 Å². The Labute approximate surface area is 195 Å². The van der Waals surface area contributed by atoms with Crippen LogP contribution in [0, 0.1) is 17.8 Å². The number of halogens is 3. The Morgan fingerprint density at radius 3 is 2.15 bits per heavy atom. The van der Waals surface area contributed by atoms with E-state index in [0.29, 0.717) is 41.4 Å². The normalized spacial score (nSPS) is 17.8. The minimum absolute atomic E-state index is 0. The van der Waals surface area contributed by atoms with E-state index in [-0.39, 0.29) is 18.8 Å². The number of allylic oxidation sites excluding steroid dienone is 6. The molecular formula is C26H36F3NO3. The van der Waals surface area contributed by atoms with Gasteiger partial charge in [0.1, 0.15) is 11.6 Å². The first-order valence-corrected chi connectivity index (χ1v) is 11.1. The summed E-state index contributed by atoms with van der Waals surface area (Å²) < 4.78 is 44.6. The first-order valence-electron chi connectivity index (χ1n) is 11.1. The van der Waals surface area contributed by atoms with E-state index in [1.54, 1.807) is 18.2 Å². The zero-order valence-electron chi connectivity index (χ0n) is 20.4. The van der Waals surface area contributed by atoms with Crippen molar-refractivity contribution >= 4 is 22.9 Å². The highest BCUT2D eigenvalue weighted by Gasteiger charge is 2.42. The molecule has 7 heteroatoms. The van der Waals surface area contributed by atoms with Crippen molar-refractivity contribution in [3.63, 3.8) is 0 Å². The summed E-state index contributed by atoms with van der Waals surface area (Å²) in [6.07, 6.45) is 4.51. The van der Waals surface area contributed by atoms with Crippen LogP contribution < -0.4 is 0 Å². The SMILES string of the molecule is CC(C)=O.CCC(=O)[C@@H](C)C(C)C.CCC1=CC2C=C(c3ccoc3)C=C(C(F)(F)F)C2=N1.[HH]. The molecule has 0 aromatic carbocycles. The lowest BCUT2D eigenvalue weighted by atomic mass is 9.87. The molecule has 184 valence electrons. The highest BCUT2D eigenvalue weighted by Crippen LogP contribution is 2.40. The van der Waals surface area contributed by atoms with E-state index in [9.17, 15) is 22.8 Å². The molecule has 1 aromatic heterocycles. The van der Waals surface area contributed by atoms with Gasteiger partial charge in [0, 0.05) is 30.9 Å². The molecule has 0 saturated carbocycles. The van der Waals surface area contributed by atoms with Crippen LogP contribution in [0.25, 0.3) is 5.57 Å². The number of furan rings is 1. The largest absolute Gasteiger partial charge is 0.472 e. The van der Waals surface area contributed by atoms with Crippen molar-refractivity contribution in [1.82, 2.24) is 0 Å². The maximum absolute atomic E-state index is 13.2. The molecule has 0 spiro atoms. The van der Waals surface area contributed by atoms with Crippen molar-refractivity contribution in [2.45, 2.75) is 67.5 Å². The number of carbonyl (C=O) groups is 2. The average Bonchev–Trinajstić information content (AvgIpc) is 3.40. The van der Waals surface area contributed by atoms with E-state index in [1.165, 1.54) is 26.4 Å². The quantitative estimate of drug-likeness (QED) is 0.447. The van der Waals surface area contributed by atoms with Crippen LogP contribution in [-0.4, -0.2) is 23.5 Å². The highest BCUT2D eigenvalue weighted by atomic mass is 19.4. The van der Waals surface area contributed by atoms with Gasteiger partial charge in [0.2, 0.25) is 0 Å². The molecule has 0 bridgehead atoms. The fraction of sp³-hybridized carbons (Fsp3) is 0.500. The molecule has 1 aliphatic carbocycles. The average molecular weight is 468 g/mol. The van der Waals surface area contributed by atoms with E-state index in [2.05, 4.69) is 18.8 Å². The molecule has 0 fully saturated rings. The summed E-state index contributed by atoms with van der Waals surface area (Å²) in [5.41, 5.74) is 1.29. The Morgan fingerprint density at radius 1 is 1.15 bits per heavy atom. The fourth-order valence-electron chi connectivity index (χ4n) is 3.12. The number of hydrogen-bond donors (Lipinski definition) is 0. The topological polar surface area (TPSA) is 59.6 Å². The number of carbonyl (C=O) groups excluding carboxylic acids is 2. The van der Waals surface area contributed by atoms with Crippen LogP contribution in [-0.2, 0) is 9.59 Å². The molecule has 33 heavy (non-hydrogen) atoms. The number of nitrogens with zero attached hydrogens (tertiary/aromatic N) is 1. The van der Waals surface area contributed by atoms with E-state index in [1.807, 2.05) is 20.8 Å². The molecule has 1 aromatic rings. The van der Waals surface area contributed by atoms with Crippen LogP contribution in [0.3, 0.4) is 0 Å². The van der Waals surface area contributed by atoms with Gasteiger partial charge < -0.3 is 9.21 Å². The lowest BCUT2D eigenvalue weighted by Gasteiger charge is -2.20. The van der Waals surface area contributed by atoms with Crippen LogP contribution in [0.4, 0.5) is 13.2 Å². The lowest BCUT2D eigenvalue weighted by Crippen LogP contribution is -2.25. The van der Waals surface area contributed by atoms with Crippen molar-refractivity contribution < 1.29 is 28.6 Å². The van der Waals surface area contributed by atoms with Crippen LogP contribution in [0.15, 0.2) is 57.5 Å². The molecule has 2 aliphatic rings. The summed E-state index contributed by atoms with van der Waals surface area (Å²) in [7, 11) is 0. The van der Waals surface area contributed by atoms with Crippen LogP contribution in [0.1, 0.15) is 68.3 Å².